The molecule has 122 valence electrons. The Hall–Kier alpha value is -0.450. The summed E-state index contributed by atoms with van der Waals surface area (Å²) in [6.07, 6.45) is 0. The summed E-state index contributed by atoms with van der Waals surface area (Å²) in [6, 6.07) is 5.28. The largest absolute Gasteiger partial charge is 0.480 e. The maximum atomic E-state index is 12.3. The number of nitrogens with one attached hydrogen (secondary N) is 1. The zero-order valence-corrected chi connectivity index (χ0v) is 17.0. The number of halogens is 3. The average molecular weight is 522 g/mol. The topological polar surface area (TPSA) is 101 Å². The zero-order chi connectivity index (χ0) is 17.3. The molecule has 1 aromatic rings. The molecule has 0 heterocycles. The van der Waals surface area contributed by atoms with Gasteiger partial charge in [0.2, 0.25) is 11.3 Å². The molecule has 2 N–H and O–H groups in total. The van der Waals surface area contributed by atoms with Crippen LogP contribution in [0.1, 0.15) is 24.2 Å². The highest BCUT2D eigenvalue weighted by molar-refractivity contribution is 9.42. The van der Waals surface area contributed by atoms with E-state index in [9.17, 15) is 18.0 Å². The zero-order valence-electron chi connectivity index (χ0n) is 11.4. The summed E-state index contributed by atoms with van der Waals surface area (Å²) in [7, 11) is -3.84. The molecule has 0 aliphatic carbocycles. The van der Waals surface area contributed by atoms with Crippen molar-refractivity contribution in [3.8, 4) is 0 Å². The van der Waals surface area contributed by atoms with Crippen LogP contribution in [0, 0.1) is 0 Å². The normalized spacial score (nSPS) is 12.8. The van der Waals surface area contributed by atoms with Gasteiger partial charge >= 0.3 is 5.97 Å². The second kappa shape index (κ2) is 6.58. The van der Waals surface area contributed by atoms with Crippen molar-refractivity contribution in [3.63, 3.8) is 0 Å². The highest BCUT2D eigenvalue weighted by Crippen LogP contribution is 2.43. The first-order valence-corrected chi connectivity index (χ1v) is 9.62. The molecule has 0 bridgehead atoms. The fourth-order valence-corrected chi connectivity index (χ4v) is 3.84. The summed E-state index contributed by atoms with van der Waals surface area (Å²) in [4.78, 5) is 23.0. The third-order valence-corrected chi connectivity index (χ3v) is 7.99. The van der Waals surface area contributed by atoms with Crippen LogP contribution in [-0.2, 0) is 14.6 Å². The third-order valence-electron chi connectivity index (χ3n) is 2.67. The maximum absolute atomic E-state index is 12.3. The van der Waals surface area contributed by atoms with Gasteiger partial charge in [-0.05, 0) is 79.8 Å². The lowest BCUT2D eigenvalue weighted by Gasteiger charge is -2.21. The first kappa shape index (κ1) is 19.6. The predicted octanol–water partition coefficient (Wildman–Crippen LogP) is 2.85. The van der Waals surface area contributed by atoms with Crippen molar-refractivity contribution in [2.75, 3.05) is 0 Å². The highest BCUT2D eigenvalue weighted by Gasteiger charge is 2.38. The van der Waals surface area contributed by atoms with Gasteiger partial charge in [0.25, 0.3) is 5.91 Å². The summed E-state index contributed by atoms with van der Waals surface area (Å²) in [6.45, 7) is 2.66. The van der Waals surface area contributed by atoms with Crippen LogP contribution in [0.2, 0.25) is 0 Å². The molecule has 6 nitrogen and oxygen atoms in total. The Balaban J connectivity index is 3.19. The Morgan fingerprint density at radius 1 is 1.18 bits per heavy atom. The molecule has 1 amide bonds. The second-order valence-electron chi connectivity index (χ2n) is 4.86. The van der Waals surface area contributed by atoms with E-state index in [1.807, 2.05) is 0 Å². The van der Waals surface area contributed by atoms with Crippen LogP contribution in [0.25, 0.3) is 0 Å². The second-order valence-corrected chi connectivity index (χ2v) is 15.3. The SMILES string of the molecule is CC(C)(NC(=O)c1cccc(S(=O)(=O)C(Br)(Br)Br)c1)C(=O)O. The summed E-state index contributed by atoms with van der Waals surface area (Å²) < 4.78 is 23.0. The van der Waals surface area contributed by atoms with Gasteiger partial charge in [0.15, 0.2) is 0 Å². The number of amides is 1. The number of benzene rings is 1. The van der Waals surface area contributed by atoms with Gasteiger partial charge in [-0.25, -0.2) is 13.2 Å². The van der Waals surface area contributed by atoms with Crippen LogP contribution in [0.5, 0.6) is 0 Å². The Morgan fingerprint density at radius 2 is 1.73 bits per heavy atom. The Bertz CT molecular complexity index is 710. The van der Waals surface area contributed by atoms with Gasteiger partial charge in [-0.1, -0.05) is 6.07 Å². The number of aliphatic carboxylic acids is 1. The molecule has 0 saturated heterocycles. The summed E-state index contributed by atoms with van der Waals surface area (Å²) in [5, 5.41) is 11.3. The van der Waals surface area contributed by atoms with Crippen molar-refractivity contribution in [1.29, 1.82) is 0 Å². The number of carboxylic acids is 1. The molecule has 0 spiro atoms. The van der Waals surface area contributed by atoms with Gasteiger partial charge in [0, 0.05) is 5.56 Å². The van der Waals surface area contributed by atoms with Crippen LogP contribution in [0.15, 0.2) is 29.2 Å². The molecule has 0 saturated carbocycles. The van der Waals surface area contributed by atoms with Crippen LogP contribution in [-0.4, -0.2) is 32.4 Å². The quantitative estimate of drug-likeness (QED) is 0.593. The number of carboxylic acid groups (broad SMARTS) is 1. The molecule has 0 fully saturated rings. The standard InChI is InChI=1S/C12H12Br3NO5S/c1-11(2,10(18)19)16-9(17)7-4-3-5-8(6-7)22(20,21)12(13,14)15/h3-6H,1-2H3,(H,16,17)(H,18,19). The number of rotatable bonds is 4. The molecular formula is C12H12Br3NO5S. The molecule has 0 atom stereocenters. The first-order valence-electron chi connectivity index (χ1n) is 5.76. The minimum atomic E-state index is -3.84. The number of hydrogen-bond donors (Lipinski definition) is 2. The molecule has 0 aromatic heterocycles. The number of sulfone groups is 1. The van der Waals surface area contributed by atoms with Crippen LogP contribution in [0.4, 0.5) is 0 Å². The van der Waals surface area contributed by atoms with Crippen LogP contribution in [0.3, 0.4) is 0 Å². The lowest BCUT2D eigenvalue weighted by atomic mass is 10.1. The molecule has 0 unspecified atom stereocenters. The minimum Gasteiger partial charge on any atom is -0.480 e. The number of hydrogen-bond acceptors (Lipinski definition) is 4. The van der Waals surface area contributed by atoms with Crippen molar-refractivity contribution in [1.82, 2.24) is 5.32 Å². The number of alkyl halides is 3. The van der Waals surface area contributed by atoms with E-state index in [2.05, 4.69) is 53.1 Å². The molecule has 0 radical (unpaired) electrons. The van der Waals surface area contributed by atoms with Gasteiger partial charge < -0.3 is 10.4 Å². The lowest BCUT2D eigenvalue weighted by molar-refractivity contribution is -0.143. The predicted molar refractivity (Wildman–Crippen MR) is 92.3 cm³/mol. The molecule has 1 aromatic carbocycles. The molecule has 10 heteroatoms. The smallest absolute Gasteiger partial charge is 0.328 e. The van der Waals surface area contributed by atoms with E-state index < -0.39 is 28.7 Å². The van der Waals surface area contributed by atoms with E-state index >= 15 is 0 Å². The summed E-state index contributed by atoms with van der Waals surface area (Å²) in [5.74, 6) is -1.89. The van der Waals surface area contributed by atoms with Crippen LogP contribution < -0.4 is 5.32 Å². The van der Waals surface area contributed by atoms with Gasteiger partial charge in [0.05, 0.1) is 4.90 Å². The van der Waals surface area contributed by atoms with Crippen molar-refractivity contribution < 1.29 is 23.1 Å². The Morgan fingerprint density at radius 3 is 2.18 bits per heavy atom. The average Bonchev–Trinajstić information content (AvgIpc) is 2.36. The number of carbonyl (C=O) groups excluding carboxylic acids is 1. The molecule has 22 heavy (non-hydrogen) atoms. The van der Waals surface area contributed by atoms with E-state index in [0.717, 1.165) is 0 Å². The fraction of sp³-hybridized carbons (Fsp3) is 0.333. The summed E-state index contributed by atoms with van der Waals surface area (Å²) in [5.41, 5.74) is -1.44. The van der Waals surface area contributed by atoms with Crippen molar-refractivity contribution in [2.24, 2.45) is 0 Å². The molecular weight excluding hydrogens is 510 g/mol. The van der Waals surface area contributed by atoms with E-state index in [-0.39, 0.29) is 10.5 Å². The summed E-state index contributed by atoms with van der Waals surface area (Å²) >= 11 is 8.80. The van der Waals surface area contributed by atoms with Gasteiger partial charge in [-0.15, -0.1) is 0 Å². The molecule has 1 rings (SSSR count). The maximum Gasteiger partial charge on any atom is 0.328 e. The van der Waals surface area contributed by atoms with Crippen molar-refractivity contribution >= 4 is 69.5 Å². The van der Waals surface area contributed by atoms with E-state index in [1.54, 1.807) is 0 Å². The Kier molecular flexibility index (Phi) is 5.86. The van der Waals surface area contributed by atoms with Gasteiger partial charge in [0.1, 0.15) is 5.54 Å². The first-order chi connectivity index (χ1) is 9.79. The minimum absolute atomic E-state index is 0.0344. The third kappa shape index (κ3) is 4.30. The molecule has 0 aliphatic rings. The van der Waals surface area contributed by atoms with Gasteiger partial charge in [-0.3, -0.25) is 4.79 Å². The highest BCUT2D eigenvalue weighted by atomic mass is 80.0. The number of carbonyl (C=O) groups is 2. The van der Waals surface area contributed by atoms with E-state index in [0.29, 0.717) is 0 Å². The van der Waals surface area contributed by atoms with Crippen molar-refractivity contribution in [3.05, 3.63) is 29.8 Å². The van der Waals surface area contributed by atoms with Crippen molar-refractivity contribution in [2.45, 2.75) is 25.8 Å². The van der Waals surface area contributed by atoms with E-state index in [1.165, 1.54) is 38.1 Å². The lowest BCUT2D eigenvalue weighted by Crippen LogP contribution is -2.49. The fourth-order valence-electron chi connectivity index (χ4n) is 1.35. The van der Waals surface area contributed by atoms with Gasteiger partial charge in [-0.2, -0.15) is 0 Å². The van der Waals surface area contributed by atoms with Crippen LogP contribution >= 0.6 is 47.8 Å². The Labute approximate surface area is 153 Å². The monoisotopic (exact) mass is 519 g/mol. The van der Waals surface area contributed by atoms with E-state index in [4.69, 9.17) is 5.11 Å². The molecule has 0 aliphatic heterocycles.